The van der Waals surface area contributed by atoms with Gasteiger partial charge in [0.25, 0.3) is 0 Å². The summed E-state index contributed by atoms with van der Waals surface area (Å²) in [5.41, 5.74) is 3.02. The number of aromatic nitrogens is 1. The number of rotatable bonds is 5. The minimum Gasteiger partial charge on any atom is -0.489 e. The smallest absolute Gasteiger partial charge is 0.245 e. The molecule has 0 atom stereocenters. The van der Waals surface area contributed by atoms with E-state index < -0.39 is 0 Å². The predicted molar refractivity (Wildman–Crippen MR) is 94.3 cm³/mol. The van der Waals surface area contributed by atoms with Crippen LogP contribution in [-0.2, 0) is 13.7 Å². The number of hydrogen-bond acceptors (Lipinski definition) is 3. The van der Waals surface area contributed by atoms with E-state index in [0.717, 1.165) is 27.9 Å². The second-order valence-corrected chi connectivity index (χ2v) is 5.67. The topological polar surface area (TPSA) is 57.3 Å². The van der Waals surface area contributed by atoms with Gasteiger partial charge in [-0.15, -0.1) is 0 Å². The molecule has 5 heteroatoms. The highest BCUT2D eigenvalue weighted by Gasteiger charge is 2.09. The van der Waals surface area contributed by atoms with Crippen molar-refractivity contribution in [3.63, 3.8) is 0 Å². The first-order chi connectivity index (χ1) is 11.5. The molecule has 0 aliphatic heterocycles. The quantitative estimate of drug-likeness (QED) is 0.517. The van der Waals surface area contributed by atoms with Gasteiger partial charge in [-0.25, -0.2) is 0 Å². The van der Waals surface area contributed by atoms with Crippen LogP contribution in [0.2, 0.25) is 0 Å². The summed E-state index contributed by atoms with van der Waals surface area (Å²) in [7, 11) is 1.89. The van der Waals surface area contributed by atoms with Crippen LogP contribution in [0.1, 0.15) is 18.2 Å². The number of ether oxygens (including phenoxy) is 1. The Morgan fingerprint density at radius 2 is 1.96 bits per heavy atom. The summed E-state index contributed by atoms with van der Waals surface area (Å²) in [5.74, 6) is 0.776. The molecule has 3 aromatic rings. The maximum Gasteiger partial charge on any atom is 0.245 e. The lowest BCUT2D eigenvalue weighted by Gasteiger charge is -2.06. The van der Waals surface area contributed by atoms with Gasteiger partial charge in [-0.05, 0) is 29.8 Å². The minimum atomic E-state index is -0.383. The molecule has 0 bridgehead atoms. The molecular formula is C19H18N2O3. The lowest BCUT2D eigenvalue weighted by atomic mass is 10.2. The van der Waals surface area contributed by atoms with E-state index in [-0.39, 0.29) is 10.6 Å². The van der Waals surface area contributed by atoms with Crippen LogP contribution < -0.4 is 4.74 Å². The molecule has 0 saturated carbocycles. The highest BCUT2D eigenvalue weighted by atomic mass is 16.6. The summed E-state index contributed by atoms with van der Waals surface area (Å²) in [6.07, 6.45) is 1.57. The largest absolute Gasteiger partial charge is 0.489 e. The Morgan fingerprint density at radius 3 is 2.67 bits per heavy atom. The monoisotopic (exact) mass is 322 g/mol. The zero-order valence-corrected chi connectivity index (χ0v) is 13.6. The second kappa shape index (κ2) is 6.58. The van der Waals surface area contributed by atoms with Crippen LogP contribution >= 0.6 is 0 Å². The molecule has 0 amide bonds. The van der Waals surface area contributed by atoms with E-state index in [0.29, 0.717) is 6.61 Å². The summed E-state index contributed by atoms with van der Waals surface area (Å²) in [6, 6.07) is 17.7. The Bertz CT molecular complexity index is 911. The molecule has 0 saturated heterocycles. The number of benzene rings is 2. The zero-order valence-electron chi connectivity index (χ0n) is 13.6. The molecule has 122 valence electrons. The van der Waals surface area contributed by atoms with Crippen molar-refractivity contribution in [3.05, 3.63) is 81.7 Å². The molecule has 0 fully saturated rings. The van der Waals surface area contributed by atoms with E-state index in [1.165, 1.54) is 6.92 Å². The summed E-state index contributed by atoms with van der Waals surface area (Å²) in [4.78, 5) is 10.4. The van der Waals surface area contributed by atoms with Gasteiger partial charge in [0.2, 0.25) is 5.70 Å². The van der Waals surface area contributed by atoms with E-state index in [2.05, 4.69) is 0 Å². The Morgan fingerprint density at radius 1 is 1.21 bits per heavy atom. The SMILES string of the molecule is C/C(=C\c1cc2cc(OCc3ccccc3)ccc2n1C)[N+](=O)[O-]. The van der Waals surface area contributed by atoms with Gasteiger partial charge in [-0.1, -0.05) is 30.3 Å². The number of allylic oxidation sites excluding steroid dienone is 1. The van der Waals surface area contributed by atoms with Crippen molar-refractivity contribution in [2.75, 3.05) is 0 Å². The third-order valence-corrected chi connectivity index (χ3v) is 3.94. The number of fused-ring (bicyclic) bond motifs is 1. The molecule has 1 aromatic heterocycles. The summed E-state index contributed by atoms with van der Waals surface area (Å²) in [5, 5.41) is 11.8. The second-order valence-electron chi connectivity index (χ2n) is 5.67. The van der Waals surface area contributed by atoms with Gasteiger partial charge < -0.3 is 9.30 Å². The fourth-order valence-corrected chi connectivity index (χ4v) is 2.58. The summed E-state index contributed by atoms with van der Waals surface area (Å²) >= 11 is 0. The van der Waals surface area contributed by atoms with Crippen molar-refractivity contribution < 1.29 is 9.66 Å². The van der Waals surface area contributed by atoms with E-state index in [4.69, 9.17) is 4.74 Å². The highest BCUT2D eigenvalue weighted by molar-refractivity contribution is 5.85. The van der Waals surface area contributed by atoms with Crippen molar-refractivity contribution in [1.82, 2.24) is 4.57 Å². The molecule has 0 aliphatic carbocycles. The third-order valence-electron chi connectivity index (χ3n) is 3.94. The molecule has 0 unspecified atom stereocenters. The van der Waals surface area contributed by atoms with Crippen LogP contribution in [0.5, 0.6) is 5.75 Å². The molecule has 1 heterocycles. The van der Waals surface area contributed by atoms with Crippen molar-refractivity contribution in [2.24, 2.45) is 7.05 Å². The number of nitro groups is 1. The van der Waals surface area contributed by atoms with E-state index in [9.17, 15) is 10.1 Å². The van der Waals surface area contributed by atoms with Crippen molar-refractivity contribution >= 4 is 17.0 Å². The zero-order chi connectivity index (χ0) is 17.1. The van der Waals surface area contributed by atoms with Gasteiger partial charge in [0, 0.05) is 36.6 Å². The first kappa shape index (κ1) is 15.8. The van der Waals surface area contributed by atoms with Crippen molar-refractivity contribution in [2.45, 2.75) is 13.5 Å². The standard InChI is InChI=1S/C19H18N2O3/c1-14(21(22)23)10-17-11-16-12-18(8-9-19(16)20(17)2)24-13-15-6-4-3-5-7-15/h3-12H,13H2,1-2H3/b14-10+. The Labute approximate surface area is 139 Å². The summed E-state index contributed by atoms with van der Waals surface area (Å²) in [6.45, 7) is 2.00. The number of aryl methyl sites for hydroxylation is 1. The van der Waals surface area contributed by atoms with Crippen LogP contribution in [0.25, 0.3) is 17.0 Å². The molecule has 5 nitrogen and oxygen atoms in total. The first-order valence-electron chi connectivity index (χ1n) is 7.63. The van der Waals surface area contributed by atoms with Gasteiger partial charge in [0.15, 0.2) is 0 Å². The third kappa shape index (κ3) is 3.30. The van der Waals surface area contributed by atoms with E-state index in [1.54, 1.807) is 6.08 Å². The van der Waals surface area contributed by atoms with Crippen molar-refractivity contribution in [3.8, 4) is 5.75 Å². The van der Waals surface area contributed by atoms with Crippen LogP contribution in [0.3, 0.4) is 0 Å². The number of hydrogen-bond donors (Lipinski definition) is 0. The van der Waals surface area contributed by atoms with Gasteiger partial charge in [-0.2, -0.15) is 0 Å². The molecule has 0 spiro atoms. The lowest BCUT2D eigenvalue weighted by Crippen LogP contribution is -1.96. The first-order valence-corrected chi connectivity index (χ1v) is 7.63. The Balaban J connectivity index is 1.86. The summed E-state index contributed by atoms with van der Waals surface area (Å²) < 4.78 is 7.77. The molecule has 0 radical (unpaired) electrons. The number of nitrogens with zero attached hydrogens (tertiary/aromatic N) is 2. The predicted octanol–water partition coefficient (Wildman–Crippen LogP) is 4.39. The van der Waals surface area contributed by atoms with Gasteiger partial charge in [0.05, 0.1) is 4.92 Å². The van der Waals surface area contributed by atoms with E-state index in [1.807, 2.05) is 66.2 Å². The van der Waals surface area contributed by atoms with Crippen LogP contribution in [0.15, 0.2) is 60.3 Å². The molecule has 24 heavy (non-hydrogen) atoms. The highest BCUT2D eigenvalue weighted by Crippen LogP contribution is 2.25. The van der Waals surface area contributed by atoms with Gasteiger partial charge >= 0.3 is 0 Å². The maximum atomic E-state index is 10.8. The van der Waals surface area contributed by atoms with Crippen LogP contribution in [0, 0.1) is 10.1 Å². The molecule has 0 N–H and O–H groups in total. The maximum absolute atomic E-state index is 10.8. The average molecular weight is 322 g/mol. The lowest BCUT2D eigenvalue weighted by molar-refractivity contribution is -0.422. The molecule has 2 aromatic carbocycles. The molecule has 0 aliphatic rings. The average Bonchev–Trinajstić information content (AvgIpc) is 2.89. The fourth-order valence-electron chi connectivity index (χ4n) is 2.58. The minimum absolute atomic E-state index is 0.112. The van der Waals surface area contributed by atoms with Crippen molar-refractivity contribution in [1.29, 1.82) is 0 Å². The van der Waals surface area contributed by atoms with Crippen LogP contribution in [0.4, 0.5) is 0 Å². The van der Waals surface area contributed by atoms with Gasteiger partial charge in [0.1, 0.15) is 12.4 Å². The Kier molecular flexibility index (Phi) is 4.33. The Hall–Kier alpha value is -3.08. The van der Waals surface area contributed by atoms with Crippen LogP contribution in [-0.4, -0.2) is 9.49 Å². The van der Waals surface area contributed by atoms with Gasteiger partial charge in [-0.3, -0.25) is 10.1 Å². The molecule has 3 rings (SSSR count). The fraction of sp³-hybridized carbons (Fsp3) is 0.158. The van der Waals surface area contributed by atoms with E-state index >= 15 is 0 Å². The molecular weight excluding hydrogens is 304 g/mol. The normalized spacial score (nSPS) is 11.7.